The molecule has 0 bridgehead atoms. The van der Waals surface area contributed by atoms with E-state index in [4.69, 9.17) is 5.11 Å². The normalized spacial score (nSPS) is 15.1. The molecule has 1 rings (SSSR count). The van der Waals surface area contributed by atoms with Gasteiger partial charge in [-0.05, 0) is 38.1 Å². The topological polar surface area (TPSA) is 32.3 Å². The van der Waals surface area contributed by atoms with E-state index in [1.165, 1.54) is 12.1 Å². The van der Waals surface area contributed by atoms with Crippen LogP contribution in [0.15, 0.2) is 24.3 Å². The zero-order valence-corrected chi connectivity index (χ0v) is 8.55. The molecule has 0 saturated heterocycles. The second-order valence-corrected chi connectivity index (χ2v) is 3.78. The van der Waals surface area contributed by atoms with Gasteiger partial charge in [-0.15, -0.1) is 0 Å². The van der Waals surface area contributed by atoms with E-state index in [1.54, 1.807) is 13.1 Å². The van der Waals surface area contributed by atoms with Gasteiger partial charge in [0, 0.05) is 5.54 Å². The number of benzene rings is 1. The lowest BCUT2D eigenvalue weighted by Gasteiger charge is -2.26. The largest absolute Gasteiger partial charge is 0.394 e. The van der Waals surface area contributed by atoms with Crippen molar-refractivity contribution in [2.45, 2.75) is 18.9 Å². The number of likely N-dealkylation sites (N-methyl/N-ethyl adjacent to an activating group) is 1. The lowest BCUT2D eigenvalue weighted by Crippen LogP contribution is -2.45. The standard InChI is InChI=1S/C11H16FNO/c1-11(8-14,13-2)7-9-4-3-5-10(12)6-9/h3-6,13-14H,7-8H2,1-2H3. The molecule has 0 aromatic heterocycles. The molecule has 3 heteroatoms. The van der Waals surface area contributed by atoms with Crippen LogP contribution in [-0.4, -0.2) is 24.3 Å². The number of aliphatic hydroxyl groups is 1. The van der Waals surface area contributed by atoms with Crippen LogP contribution in [-0.2, 0) is 6.42 Å². The Kier molecular flexibility index (Phi) is 3.61. The Bertz CT molecular complexity index is 297. The van der Waals surface area contributed by atoms with E-state index in [9.17, 15) is 4.39 Å². The van der Waals surface area contributed by atoms with E-state index in [1.807, 2.05) is 13.0 Å². The Morgan fingerprint density at radius 3 is 2.71 bits per heavy atom. The van der Waals surface area contributed by atoms with Crippen molar-refractivity contribution in [1.29, 1.82) is 0 Å². The third-order valence-corrected chi connectivity index (χ3v) is 2.44. The molecule has 1 unspecified atom stereocenters. The average Bonchev–Trinajstić information content (AvgIpc) is 2.18. The Balaban J connectivity index is 2.77. The SMILES string of the molecule is CNC(C)(CO)Cc1cccc(F)c1. The molecule has 2 nitrogen and oxygen atoms in total. The third-order valence-electron chi connectivity index (χ3n) is 2.44. The molecule has 78 valence electrons. The molecule has 2 N–H and O–H groups in total. The Labute approximate surface area is 83.8 Å². The highest BCUT2D eigenvalue weighted by Gasteiger charge is 2.21. The molecule has 1 aromatic rings. The summed E-state index contributed by atoms with van der Waals surface area (Å²) in [6.45, 7) is 1.93. The van der Waals surface area contributed by atoms with Gasteiger partial charge in [0.1, 0.15) is 5.82 Å². The van der Waals surface area contributed by atoms with E-state index >= 15 is 0 Å². The van der Waals surface area contributed by atoms with E-state index in [0.717, 1.165) is 5.56 Å². The Morgan fingerprint density at radius 2 is 2.21 bits per heavy atom. The van der Waals surface area contributed by atoms with Gasteiger partial charge in [0.2, 0.25) is 0 Å². The van der Waals surface area contributed by atoms with Gasteiger partial charge in [-0.3, -0.25) is 0 Å². The monoisotopic (exact) mass is 197 g/mol. The molecule has 0 radical (unpaired) electrons. The quantitative estimate of drug-likeness (QED) is 0.763. The molecular weight excluding hydrogens is 181 g/mol. The van der Waals surface area contributed by atoms with Crippen LogP contribution in [0, 0.1) is 5.82 Å². The Hall–Kier alpha value is -0.930. The first-order valence-electron chi connectivity index (χ1n) is 4.64. The second kappa shape index (κ2) is 4.53. The van der Waals surface area contributed by atoms with Crippen molar-refractivity contribution in [3.8, 4) is 0 Å². The van der Waals surface area contributed by atoms with Gasteiger partial charge in [-0.2, -0.15) is 0 Å². The lowest BCUT2D eigenvalue weighted by atomic mass is 9.94. The zero-order valence-electron chi connectivity index (χ0n) is 8.55. The summed E-state index contributed by atoms with van der Waals surface area (Å²) < 4.78 is 12.9. The van der Waals surface area contributed by atoms with Gasteiger partial charge in [0.05, 0.1) is 6.61 Å². The fraction of sp³-hybridized carbons (Fsp3) is 0.455. The number of nitrogens with one attached hydrogen (secondary N) is 1. The molecule has 14 heavy (non-hydrogen) atoms. The van der Waals surface area contributed by atoms with E-state index < -0.39 is 0 Å². The van der Waals surface area contributed by atoms with Crippen LogP contribution in [0.25, 0.3) is 0 Å². The smallest absolute Gasteiger partial charge is 0.123 e. The lowest BCUT2D eigenvalue weighted by molar-refractivity contribution is 0.182. The van der Waals surface area contributed by atoms with Crippen LogP contribution in [0.4, 0.5) is 4.39 Å². The summed E-state index contributed by atoms with van der Waals surface area (Å²) >= 11 is 0. The van der Waals surface area contributed by atoms with Gasteiger partial charge in [0.25, 0.3) is 0 Å². The first kappa shape index (κ1) is 11.1. The van der Waals surface area contributed by atoms with E-state index in [2.05, 4.69) is 5.32 Å². The number of halogens is 1. The summed E-state index contributed by atoms with van der Waals surface area (Å²) in [7, 11) is 1.79. The highest BCUT2D eigenvalue weighted by molar-refractivity contribution is 5.18. The van der Waals surface area contributed by atoms with Crippen molar-refractivity contribution in [3.63, 3.8) is 0 Å². The number of aliphatic hydroxyl groups excluding tert-OH is 1. The zero-order chi connectivity index (χ0) is 10.6. The van der Waals surface area contributed by atoms with E-state index in [0.29, 0.717) is 6.42 Å². The minimum atomic E-state index is -0.381. The Morgan fingerprint density at radius 1 is 1.50 bits per heavy atom. The predicted octanol–water partition coefficient (Wildman–Crippen LogP) is 1.34. The van der Waals surface area contributed by atoms with Crippen LogP contribution in [0.2, 0.25) is 0 Å². The maximum absolute atomic E-state index is 12.9. The van der Waals surface area contributed by atoms with Crippen LogP contribution >= 0.6 is 0 Å². The number of hydrogen-bond acceptors (Lipinski definition) is 2. The van der Waals surface area contributed by atoms with Crippen molar-refractivity contribution in [2.24, 2.45) is 0 Å². The van der Waals surface area contributed by atoms with Gasteiger partial charge in [-0.25, -0.2) is 4.39 Å². The van der Waals surface area contributed by atoms with Crippen LogP contribution in [0.1, 0.15) is 12.5 Å². The van der Waals surface area contributed by atoms with E-state index in [-0.39, 0.29) is 18.0 Å². The van der Waals surface area contributed by atoms with Crippen LogP contribution in [0.5, 0.6) is 0 Å². The maximum atomic E-state index is 12.9. The average molecular weight is 197 g/mol. The molecule has 0 aliphatic carbocycles. The third kappa shape index (κ3) is 2.79. The maximum Gasteiger partial charge on any atom is 0.123 e. The summed E-state index contributed by atoms with van der Waals surface area (Å²) in [6.07, 6.45) is 0.609. The van der Waals surface area contributed by atoms with Gasteiger partial charge in [-0.1, -0.05) is 12.1 Å². The minimum absolute atomic E-state index is 0.0278. The molecule has 0 aliphatic rings. The molecular formula is C11H16FNO. The highest BCUT2D eigenvalue weighted by atomic mass is 19.1. The molecule has 0 saturated carbocycles. The second-order valence-electron chi connectivity index (χ2n) is 3.78. The summed E-state index contributed by atoms with van der Waals surface area (Å²) in [4.78, 5) is 0. The molecule has 0 amide bonds. The molecule has 0 heterocycles. The van der Waals surface area contributed by atoms with Gasteiger partial charge < -0.3 is 10.4 Å². The minimum Gasteiger partial charge on any atom is -0.394 e. The van der Waals surface area contributed by atoms with Crippen molar-refractivity contribution < 1.29 is 9.50 Å². The predicted molar refractivity (Wildman–Crippen MR) is 54.7 cm³/mol. The summed E-state index contributed by atoms with van der Waals surface area (Å²) in [5.41, 5.74) is 0.504. The highest BCUT2D eigenvalue weighted by Crippen LogP contribution is 2.13. The fourth-order valence-corrected chi connectivity index (χ4v) is 1.32. The molecule has 0 fully saturated rings. The van der Waals surface area contributed by atoms with Crippen LogP contribution in [0.3, 0.4) is 0 Å². The summed E-state index contributed by atoms with van der Waals surface area (Å²) in [5.74, 6) is -0.237. The number of hydrogen-bond donors (Lipinski definition) is 2. The summed E-state index contributed by atoms with van der Waals surface area (Å²) in [5, 5.41) is 12.2. The summed E-state index contributed by atoms with van der Waals surface area (Å²) in [6, 6.07) is 6.44. The molecule has 1 atom stereocenters. The molecule has 1 aromatic carbocycles. The molecule has 0 aliphatic heterocycles. The van der Waals surface area contributed by atoms with Crippen LogP contribution < -0.4 is 5.32 Å². The van der Waals surface area contributed by atoms with Gasteiger partial charge in [0.15, 0.2) is 0 Å². The molecule has 0 spiro atoms. The van der Waals surface area contributed by atoms with Crippen molar-refractivity contribution in [3.05, 3.63) is 35.6 Å². The number of rotatable bonds is 4. The first-order chi connectivity index (χ1) is 6.59. The van der Waals surface area contributed by atoms with Crippen molar-refractivity contribution >= 4 is 0 Å². The van der Waals surface area contributed by atoms with Crippen molar-refractivity contribution in [2.75, 3.05) is 13.7 Å². The van der Waals surface area contributed by atoms with Gasteiger partial charge >= 0.3 is 0 Å². The first-order valence-corrected chi connectivity index (χ1v) is 4.64. The van der Waals surface area contributed by atoms with Crippen molar-refractivity contribution in [1.82, 2.24) is 5.32 Å². The fourth-order valence-electron chi connectivity index (χ4n) is 1.32.